The van der Waals surface area contributed by atoms with Crippen molar-refractivity contribution in [3.63, 3.8) is 0 Å². The zero-order valence-electron chi connectivity index (χ0n) is 17.8. The quantitative estimate of drug-likeness (QED) is 0.288. The van der Waals surface area contributed by atoms with Gasteiger partial charge in [-0.05, 0) is 49.2 Å². The van der Waals surface area contributed by atoms with E-state index in [2.05, 4.69) is 15.3 Å². The van der Waals surface area contributed by atoms with Crippen LogP contribution < -0.4 is 10.1 Å². The number of nitrogens with one attached hydrogen (secondary N) is 2. The van der Waals surface area contributed by atoms with E-state index < -0.39 is 5.25 Å². The number of hydrogen-bond acceptors (Lipinski definition) is 6. The molecule has 0 saturated carbocycles. The largest absolute Gasteiger partial charge is 0.495 e. The van der Waals surface area contributed by atoms with Crippen molar-refractivity contribution in [1.82, 2.24) is 9.97 Å². The highest BCUT2D eigenvalue weighted by molar-refractivity contribution is 8.00. The molecule has 166 valence electrons. The lowest BCUT2D eigenvalue weighted by atomic mass is 10.2. The first-order valence-electron chi connectivity index (χ1n) is 9.99. The van der Waals surface area contributed by atoms with Crippen molar-refractivity contribution in [3.8, 4) is 28.7 Å². The summed E-state index contributed by atoms with van der Waals surface area (Å²) in [4.78, 5) is 21.0. The molecule has 3 aromatic heterocycles. The lowest BCUT2D eigenvalue weighted by Gasteiger charge is -2.16. The summed E-state index contributed by atoms with van der Waals surface area (Å²) in [5.41, 5.74) is 2.74. The Morgan fingerprint density at radius 2 is 1.97 bits per heavy atom. The molecule has 3 heterocycles. The number of hydrogen-bond donors (Lipinski definition) is 2. The van der Waals surface area contributed by atoms with Gasteiger partial charge >= 0.3 is 0 Å². The van der Waals surface area contributed by atoms with Crippen molar-refractivity contribution in [2.75, 3.05) is 12.4 Å². The molecule has 4 aromatic rings. The highest BCUT2D eigenvalue weighted by Crippen LogP contribution is 2.36. The fourth-order valence-corrected chi connectivity index (χ4v) is 4.26. The summed E-state index contributed by atoms with van der Waals surface area (Å²) in [6, 6.07) is 10.8. The van der Waals surface area contributed by atoms with Gasteiger partial charge in [-0.2, -0.15) is 0 Å². The van der Waals surface area contributed by atoms with E-state index in [0.717, 1.165) is 5.56 Å². The number of rotatable bonds is 8. The van der Waals surface area contributed by atoms with E-state index in [1.54, 1.807) is 36.8 Å². The standard InChI is InChI=1S/C23H22ClN3O4S/c1-4-19(22(28)25-15-11-13(2)14(24)12-18(15)29-3)32-23-26-20(16-7-5-9-30-16)21(27-23)17-8-6-10-31-17/h5-12,19H,4H2,1-3H3,(H,25,28)(H,26,27). The number of furan rings is 2. The molecule has 32 heavy (non-hydrogen) atoms. The second kappa shape index (κ2) is 9.58. The van der Waals surface area contributed by atoms with Crippen LogP contribution in [0.15, 0.2) is 62.9 Å². The minimum Gasteiger partial charge on any atom is -0.495 e. The number of H-pyrrole nitrogens is 1. The van der Waals surface area contributed by atoms with E-state index >= 15 is 0 Å². The van der Waals surface area contributed by atoms with Crippen molar-refractivity contribution < 1.29 is 18.4 Å². The van der Waals surface area contributed by atoms with Crippen molar-refractivity contribution in [1.29, 1.82) is 0 Å². The van der Waals surface area contributed by atoms with Crippen LogP contribution in [-0.2, 0) is 4.79 Å². The SMILES string of the molecule is CCC(Sc1nc(-c2ccco2)c(-c2ccco2)[nH]1)C(=O)Nc1cc(C)c(Cl)cc1OC. The molecule has 4 rings (SSSR count). The summed E-state index contributed by atoms with van der Waals surface area (Å²) in [6.45, 7) is 3.82. The molecule has 0 fully saturated rings. The Morgan fingerprint density at radius 3 is 2.59 bits per heavy atom. The second-order valence-corrected chi connectivity index (χ2v) is 8.62. The van der Waals surface area contributed by atoms with Gasteiger partial charge in [-0.3, -0.25) is 4.79 Å². The van der Waals surface area contributed by atoms with Crippen LogP contribution in [0.4, 0.5) is 5.69 Å². The molecule has 0 saturated heterocycles. The minimum absolute atomic E-state index is 0.159. The summed E-state index contributed by atoms with van der Waals surface area (Å²) >= 11 is 7.51. The number of anilines is 1. The van der Waals surface area contributed by atoms with Crippen LogP contribution in [0.2, 0.25) is 5.02 Å². The van der Waals surface area contributed by atoms with E-state index in [0.29, 0.717) is 50.9 Å². The van der Waals surface area contributed by atoms with Gasteiger partial charge in [-0.25, -0.2) is 4.98 Å². The number of methoxy groups -OCH3 is 1. The smallest absolute Gasteiger partial charge is 0.238 e. The monoisotopic (exact) mass is 471 g/mol. The summed E-state index contributed by atoms with van der Waals surface area (Å²) in [5, 5.41) is 3.73. The molecule has 0 aliphatic heterocycles. The van der Waals surface area contributed by atoms with Gasteiger partial charge < -0.3 is 23.9 Å². The van der Waals surface area contributed by atoms with E-state index in [9.17, 15) is 4.79 Å². The third-order valence-electron chi connectivity index (χ3n) is 4.86. The topological polar surface area (TPSA) is 93.3 Å². The van der Waals surface area contributed by atoms with Crippen molar-refractivity contribution in [3.05, 3.63) is 59.5 Å². The molecule has 1 atom stereocenters. The van der Waals surface area contributed by atoms with Crippen molar-refractivity contribution in [2.24, 2.45) is 0 Å². The predicted octanol–water partition coefficient (Wildman–Crippen LogP) is 6.41. The van der Waals surface area contributed by atoms with E-state index in [-0.39, 0.29) is 5.91 Å². The summed E-state index contributed by atoms with van der Waals surface area (Å²) in [5.74, 6) is 1.59. The lowest BCUT2D eigenvalue weighted by Crippen LogP contribution is -2.25. The number of imidazole rings is 1. The molecule has 9 heteroatoms. The summed E-state index contributed by atoms with van der Waals surface area (Å²) in [7, 11) is 1.54. The molecule has 1 amide bonds. The summed E-state index contributed by atoms with van der Waals surface area (Å²) < 4.78 is 16.5. The highest BCUT2D eigenvalue weighted by atomic mass is 35.5. The van der Waals surface area contributed by atoms with Gasteiger partial charge in [0.05, 0.1) is 30.6 Å². The number of aryl methyl sites for hydroxylation is 1. The third-order valence-corrected chi connectivity index (χ3v) is 6.52. The van der Waals surface area contributed by atoms with E-state index in [4.69, 9.17) is 25.2 Å². The normalized spacial score (nSPS) is 12.0. The maximum Gasteiger partial charge on any atom is 0.238 e. The third kappa shape index (κ3) is 4.56. The zero-order chi connectivity index (χ0) is 22.7. The Labute approximate surface area is 194 Å². The average Bonchev–Trinajstić information content (AvgIpc) is 3.54. The number of thioether (sulfide) groups is 1. The molecule has 7 nitrogen and oxygen atoms in total. The van der Waals surface area contributed by atoms with Gasteiger partial charge in [-0.15, -0.1) is 0 Å². The average molecular weight is 472 g/mol. The highest BCUT2D eigenvalue weighted by Gasteiger charge is 2.24. The molecular weight excluding hydrogens is 450 g/mol. The molecule has 2 N–H and O–H groups in total. The van der Waals surface area contributed by atoms with Gasteiger partial charge in [0, 0.05) is 11.1 Å². The van der Waals surface area contributed by atoms with Gasteiger partial charge in [0.25, 0.3) is 0 Å². The number of nitrogens with zero attached hydrogens (tertiary/aromatic N) is 1. The number of carbonyl (C=O) groups is 1. The maximum atomic E-state index is 13.1. The van der Waals surface area contributed by atoms with Gasteiger partial charge in [0.1, 0.15) is 17.1 Å². The van der Waals surface area contributed by atoms with Crippen molar-refractivity contribution >= 4 is 35.0 Å². The zero-order valence-corrected chi connectivity index (χ0v) is 19.3. The molecule has 1 unspecified atom stereocenters. The van der Waals surface area contributed by atoms with Gasteiger partial charge in [0.15, 0.2) is 16.7 Å². The van der Waals surface area contributed by atoms with Crippen LogP contribution in [0.5, 0.6) is 5.75 Å². The molecule has 0 aliphatic rings. The Kier molecular flexibility index (Phi) is 6.62. The van der Waals surface area contributed by atoms with Crippen LogP contribution in [0.3, 0.4) is 0 Å². The van der Waals surface area contributed by atoms with Crippen molar-refractivity contribution in [2.45, 2.75) is 30.7 Å². The second-order valence-electron chi connectivity index (χ2n) is 7.03. The Bertz CT molecular complexity index is 1150. The Balaban J connectivity index is 1.58. The number of carbonyl (C=O) groups excluding carboxylic acids is 1. The molecular formula is C23H22ClN3O4S. The van der Waals surface area contributed by atoms with E-state index in [1.165, 1.54) is 18.9 Å². The van der Waals surface area contributed by atoms with Gasteiger partial charge in [-0.1, -0.05) is 30.3 Å². The fourth-order valence-electron chi connectivity index (χ4n) is 3.20. The first-order valence-corrected chi connectivity index (χ1v) is 11.2. The molecule has 0 spiro atoms. The van der Waals surface area contributed by atoms with Crippen LogP contribution in [0.25, 0.3) is 22.9 Å². The Hall–Kier alpha value is -3.10. The number of ether oxygens (including phenoxy) is 1. The first kappa shape index (κ1) is 22.1. The van der Waals surface area contributed by atoms with Crippen LogP contribution in [0.1, 0.15) is 18.9 Å². The summed E-state index contributed by atoms with van der Waals surface area (Å²) in [6.07, 6.45) is 3.78. The number of aromatic amines is 1. The van der Waals surface area contributed by atoms with E-state index in [1.807, 2.05) is 26.0 Å². The maximum absolute atomic E-state index is 13.1. The number of aromatic nitrogens is 2. The molecule has 0 bridgehead atoms. The lowest BCUT2D eigenvalue weighted by molar-refractivity contribution is -0.115. The Morgan fingerprint density at radius 1 is 1.25 bits per heavy atom. The number of amides is 1. The fraction of sp³-hybridized carbons (Fsp3) is 0.217. The van der Waals surface area contributed by atoms with Gasteiger partial charge in [0.2, 0.25) is 5.91 Å². The van der Waals surface area contributed by atoms with Crippen LogP contribution in [0, 0.1) is 6.92 Å². The molecule has 0 radical (unpaired) electrons. The minimum atomic E-state index is -0.393. The predicted molar refractivity (Wildman–Crippen MR) is 125 cm³/mol. The van der Waals surface area contributed by atoms with Crippen LogP contribution >= 0.6 is 23.4 Å². The van der Waals surface area contributed by atoms with Crippen LogP contribution in [-0.4, -0.2) is 28.2 Å². The molecule has 0 aliphatic carbocycles. The first-order chi connectivity index (χ1) is 15.5. The molecule has 1 aromatic carbocycles. The number of halogens is 1. The number of benzene rings is 1.